The first-order valence-corrected chi connectivity index (χ1v) is 7.58. The minimum atomic E-state index is -0.345. The molecule has 1 N–H and O–H groups in total. The lowest BCUT2D eigenvalue weighted by atomic mass is 10.0. The van der Waals surface area contributed by atoms with E-state index in [2.05, 4.69) is 5.32 Å². The zero-order valence-electron chi connectivity index (χ0n) is 12.9. The molecule has 1 atom stereocenters. The largest absolute Gasteiger partial charge is 0.467 e. The van der Waals surface area contributed by atoms with Crippen molar-refractivity contribution >= 4 is 11.8 Å². The molecule has 1 aromatic rings. The molecule has 3 rings (SSSR count). The SMILES string of the molecule is CN1C[C@H](C(=O)NCCc2cc(F)cc3c2OCOC3)CC1=O. The van der Waals surface area contributed by atoms with E-state index in [9.17, 15) is 14.0 Å². The molecule has 23 heavy (non-hydrogen) atoms. The van der Waals surface area contributed by atoms with Crippen LogP contribution in [0.5, 0.6) is 5.75 Å². The summed E-state index contributed by atoms with van der Waals surface area (Å²) in [6.45, 7) is 1.28. The third-order valence-corrected chi connectivity index (χ3v) is 4.16. The van der Waals surface area contributed by atoms with Gasteiger partial charge in [0.15, 0.2) is 6.79 Å². The fourth-order valence-electron chi connectivity index (χ4n) is 2.95. The normalized spacial score (nSPS) is 20.2. The average Bonchev–Trinajstić information content (AvgIpc) is 2.86. The van der Waals surface area contributed by atoms with Crippen molar-refractivity contribution in [2.24, 2.45) is 5.92 Å². The van der Waals surface area contributed by atoms with Crippen LogP contribution in [0.25, 0.3) is 0 Å². The number of nitrogens with one attached hydrogen (secondary N) is 1. The fourth-order valence-corrected chi connectivity index (χ4v) is 2.95. The maximum atomic E-state index is 13.6. The van der Waals surface area contributed by atoms with E-state index < -0.39 is 0 Å². The van der Waals surface area contributed by atoms with Crippen LogP contribution < -0.4 is 10.1 Å². The molecule has 0 radical (unpaired) electrons. The van der Waals surface area contributed by atoms with Crippen molar-refractivity contribution < 1.29 is 23.5 Å². The van der Waals surface area contributed by atoms with Crippen LogP contribution >= 0.6 is 0 Å². The van der Waals surface area contributed by atoms with E-state index in [4.69, 9.17) is 9.47 Å². The maximum Gasteiger partial charge on any atom is 0.225 e. The van der Waals surface area contributed by atoms with Crippen LogP contribution in [0.15, 0.2) is 12.1 Å². The van der Waals surface area contributed by atoms with Crippen molar-refractivity contribution in [2.75, 3.05) is 26.9 Å². The second-order valence-electron chi connectivity index (χ2n) is 5.88. The van der Waals surface area contributed by atoms with Gasteiger partial charge in [-0.05, 0) is 24.1 Å². The molecule has 1 fully saturated rings. The van der Waals surface area contributed by atoms with Crippen molar-refractivity contribution in [2.45, 2.75) is 19.4 Å². The van der Waals surface area contributed by atoms with Gasteiger partial charge < -0.3 is 19.7 Å². The Bertz CT molecular complexity index is 635. The number of amides is 2. The lowest BCUT2D eigenvalue weighted by molar-refractivity contribution is -0.128. The summed E-state index contributed by atoms with van der Waals surface area (Å²) < 4.78 is 24.2. The van der Waals surface area contributed by atoms with Crippen molar-refractivity contribution in [1.29, 1.82) is 0 Å². The molecular formula is C16H19FN2O4. The van der Waals surface area contributed by atoms with Gasteiger partial charge in [0.2, 0.25) is 11.8 Å². The molecule has 0 bridgehead atoms. The second-order valence-corrected chi connectivity index (χ2v) is 5.88. The molecule has 2 aliphatic rings. The summed E-state index contributed by atoms with van der Waals surface area (Å²) in [5.74, 6) is -0.168. The van der Waals surface area contributed by atoms with Gasteiger partial charge in [-0.25, -0.2) is 4.39 Å². The Kier molecular flexibility index (Phi) is 4.47. The van der Waals surface area contributed by atoms with E-state index in [1.54, 1.807) is 11.9 Å². The smallest absolute Gasteiger partial charge is 0.225 e. The van der Waals surface area contributed by atoms with Crippen molar-refractivity contribution in [3.63, 3.8) is 0 Å². The molecule has 2 heterocycles. The van der Waals surface area contributed by atoms with E-state index in [-0.39, 0.29) is 36.8 Å². The van der Waals surface area contributed by atoms with Gasteiger partial charge >= 0.3 is 0 Å². The molecule has 1 aromatic carbocycles. The summed E-state index contributed by atoms with van der Waals surface area (Å²) >= 11 is 0. The Hall–Kier alpha value is -2.15. The molecule has 0 aliphatic carbocycles. The number of nitrogens with zero attached hydrogens (tertiary/aromatic N) is 1. The number of carbonyl (C=O) groups is 2. The van der Waals surface area contributed by atoms with Crippen LogP contribution in [0.4, 0.5) is 4.39 Å². The summed E-state index contributed by atoms with van der Waals surface area (Å²) in [7, 11) is 1.69. The van der Waals surface area contributed by atoms with Crippen LogP contribution in [0.1, 0.15) is 17.5 Å². The molecular weight excluding hydrogens is 303 g/mol. The Balaban J connectivity index is 1.58. The van der Waals surface area contributed by atoms with E-state index in [1.807, 2.05) is 0 Å². The Morgan fingerprint density at radius 1 is 1.48 bits per heavy atom. The first-order valence-electron chi connectivity index (χ1n) is 7.58. The van der Waals surface area contributed by atoms with Gasteiger partial charge in [0.1, 0.15) is 11.6 Å². The number of carbonyl (C=O) groups excluding carboxylic acids is 2. The highest BCUT2D eigenvalue weighted by molar-refractivity contribution is 5.89. The van der Waals surface area contributed by atoms with Gasteiger partial charge in [0.05, 0.1) is 12.5 Å². The molecule has 0 aromatic heterocycles. The number of hydrogen-bond donors (Lipinski definition) is 1. The molecule has 124 valence electrons. The Morgan fingerprint density at radius 3 is 3.04 bits per heavy atom. The molecule has 6 nitrogen and oxygen atoms in total. The molecule has 1 saturated heterocycles. The van der Waals surface area contributed by atoms with Crippen LogP contribution in [0.2, 0.25) is 0 Å². The van der Waals surface area contributed by atoms with E-state index >= 15 is 0 Å². The molecule has 0 saturated carbocycles. The minimum absolute atomic E-state index is 0.0160. The number of fused-ring (bicyclic) bond motifs is 1. The summed E-state index contributed by atoms with van der Waals surface area (Å²) in [5.41, 5.74) is 1.39. The summed E-state index contributed by atoms with van der Waals surface area (Å²) in [5, 5.41) is 2.81. The molecule has 2 aliphatic heterocycles. The first kappa shape index (κ1) is 15.7. The van der Waals surface area contributed by atoms with Crippen LogP contribution in [0, 0.1) is 11.7 Å². The number of halogens is 1. The molecule has 0 unspecified atom stereocenters. The summed E-state index contributed by atoms with van der Waals surface area (Å²) in [6, 6.07) is 2.82. The van der Waals surface area contributed by atoms with Crippen molar-refractivity contribution in [3.8, 4) is 5.75 Å². The van der Waals surface area contributed by atoms with Gasteiger partial charge in [0, 0.05) is 32.1 Å². The number of rotatable bonds is 4. The summed E-state index contributed by atoms with van der Waals surface area (Å²) in [6.07, 6.45) is 0.709. The van der Waals surface area contributed by atoms with Gasteiger partial charge in [-0.2, -0.15) is 0 Å². The highest BCUT2D eigenvalue weighted by Gasteiger charge is 2.31. The number of ether oxygens (including phenoxy) is 2. The third kappa shape index (κ3) is 3.44. The highest BCUT2D eigenvalue weighted by atomic mass is 19.1. The standard InChI is InChI=1S/C16H19FN2O4/c1-19-7-11(6-14(19)20)16(21)18-3-2-10-4-13(17)5-12-8-22-9-23-15(10)12/h4-5,11H,2-3,6-9H2,1H3,(H,18,21)/t11-/m1/s1. The Morgan fingerprint density at radius 2 is 2.30 bits per heavy atom. The van der Waals surface area contributed by atoms with Crippen molar-refractivity contribution in [1.82, 2.24) is 10.2 Å². The predicted molar refractivity (Wildman–Crippen MR) is 79.1 cm³/mol. The molecule has 0 spiro atoms. The van der Waals surface area contributed by atoms with Crippen LogP contribution in [-0.4, -0.2) is 43.6 Å². The average molecular weight is 322 g/mol. The van der Waals surface area contributed by atoms with Crippen molar-refractivity contribution in [3.05, 3.63) is 29.1 Å². The number of hydrogen-bond acceptors (Lipinski definition) is 4. The predicted octanol–water partition coefficient (Wildman–Crippen LogP) is 0.829. The lowest BCUT2D eigenvalue weighted by Gasteiger charge is -2.21. The van der Waals surface area contributed by atoms with E-state index in [0.29, 0.717) is 43.0 Å². The topological polar surface area (TPSA) is 67.9 Å². The Labute approximate surface area is 133 Å². The van der Waals surface area contributed by atoms with Gasteiger partial charge in [-0.3, -0.25) is 9.59 Å². The van der Waals surface area contributed by atoms with Gasteiger partial charge in [-0.15, -0.1) is 0 Å². The van der Waals surface area contributed by atoms with Crippen LogP contribution in [-0.2, 0) is 27.4 Å². The maximum absolute atomic E-state index is 13.6. The van der Waals surface area contributed by atoms with E-state index in [1.165, 1.54) is 12.1 Å². The molecule has 2 amide bonds. The van der Waals surface area contributed by atoms with E-state index in [0.717, 1.165) is 0 Å². The second kappa shape index (κ2) is 6.54. The molecule has 7 heteroatoms. The quantitative estimate of drug-likeness (QED) is 0.891. The summed E-state index contributed by atoms with van der Waals surface area (Å²) in [4.78, 5) is 25.1. The fraction of sp³-hybridized carbons (Fsp3) is 0.500. The van der Waals surface area contributed by atoms with Crippen LogP contribution in [0.3, 0.4) is 0 Å². The van der Waals surface area contributed by atoms with Gasteiger partial charge in [0.25, 0.3) is 0 Å². The zero-order chi connectivity index (χ0) is 16.4. The van der Waals surface area contributed by atoms with Gasteiger partial charge in [-0.1, -0.05) is 0 Å². The number of likely N-dealkylation sites (tertiary alicyclic amines) is 1. The monoisotopic (exact) mass is 322 g/mol. The first-order chi connectivity index (χ1) is 11.0. The minimum Gasteiger partial charge on any atom is -0.467 e. The number of benzene rings is 1. The third-order valence-electron chi connectivity index (χ3n) is 4.16. The lowest BCUT2D eigenvalue weighted by Crippen LogP contribution is -2.33. The highest BCUT2D eigenvalue weighted by Crippen LogP contribution is 2.29. The zero-order valence-corrected chi connectivity index (χ0v) is 12.9.